The third-order valence-corrected chi connectivity index (χ3v) is 3.74. The molecule has 0 spiro atoms. The van der Waals surface area contributed by atoms with Gasteiger partial charge in [-0.25, -0.2) is 0 Å². The Balaban J connectivity index is 1.98. The molecule has 2 nitrogen and oxygen atoms in total. The highest BCUT2D eigenvalue weighted by molar-refractivity contribution is 7.80. The zero-order valence-corrected chi connectivity index (χ0v) is 11.5. The minimum absolute atomic E-state index is 1.01. The van der Waals surface area contributed by atoms with Crippen molar-refractivity contribution >= 4 is 24.0 Å². The Kier molecular flexibility index (Phi) is 4.60. The molecule has 0 atom stereocenters. The first kappa shape index (κ1) is 12.6. The molecule has 1 heterocycles. The summed E-state index contributed by atoms with van der Waals surface area (Å²) in [6.45, 7) is 3.45. The van der Waals surface area contributed by atoms with Crippen LogP contribution in [0.15, 0.2) is 24.3 Å². The van der Waals surface area contributed by atoms with E-state index in [0.29, 0.717) is 0 Å². The average Bonchev–Trinajstić information content (AvgIpc) is 2.37. The second-order valence-corrected chi connectivity index (χ2v) is 5.13. The Morgan fingerprint density at radius 2 is 1.82 bits per heavy atom. The van der Waals surface area contributed by atoms with Crippen LogP contribution in [0.4, 0.5) is 11.4 Å². The lowest BCUT2D eigenvalue weighted by Gasteiger charge is -2.37. The van der Waals surface area contributed by atoms with E-state index in [0.717, 1.165) is 18.8 Å². The maximum absolute atomic E-state index is 4.26. The second kappa shape index (κ2) is 6.20. The molecular weight excluding hydrogens is 228 g/mol. The molecule has 17 heavy (non-hydrogen) atoms. The average molecular weight is 250 g/mol. The Labute approximate surface area is 110 Å². The van der Waals surface area contributed by atoms with Crippen molar-refractivity contribution in [3.8, 4) is 0 Å². The van der Waals surface area contributed by atoms with Crippen molar-refractivity contribution in [3.05, 3.63) is 24.3 Å². The molecule has 0 saturated heterocycles. The highest BCUT2D eigenvalue weighted by Crippen LogP contribution is 2.31. The van der Waals surface area contributed by atoms with Gasteiger partial charge in [0, 0.05) is 26.7 Å². The predicted octanol–water partition coefficient (Wildman–Crippen LogP) is 3.04. The van der Waals surface area contributed by atoms with Crippen LogP contribution in [0.1, 0.15) is 19.3 Å². The van der Waals surface area contributed by atoms with Gasteiger partial charge in [-0.05, 0) is 30.7 Å². The Morgan fingerprint density at radius 3 is 2.59 bits per heavy atom. The Morgan fingerprint density at radius 1 is 1.06 bits per heavy atom. The molecule has 1 aliphatic rings. The standard InChI is InChI=1S/C14H22N2S/c1-15-10-11-16(9-5-2-6-12-17)14-8-4-3-7-13(14)15/h3-4,7-8,17H,2,5-6,9-12H2,1H3. The number of hydrogen-bond donors (Lipinski definition) is 1. The summed E-state index contributed by atoms with van der Waals surface area (Å²) in [6, 6.07) is 8.72. The van der Waals surface area contributed by atoms with E-state index in [1.165, 1.54) is 37.2 Å². The molecule has 1 aromatic carbocycles. The third kappa shape index (κ3) is 3.09. The van der Waals surface area contributed by atoms with Crippen LogP contribution in [0.25, 0.3) is 0 Å². The summed E-state index contributed by atoms with van der Waals surface area (Å²) in [5, 5.41) is 0. The highest BCUT2D eigenvalue weighted by Gasteiger charge is 2.18. The SMILES string of the molecule is CN1CCN(CCCCCS)c2ccccc21. The van der Waals surface area contributed by atoms with E-state index >= 15 is 0 Å². The molecule has 0 saturated carbocycles. The lowest BCUT2D eigenvalue weighted by atomic mass is 10.1. The largest absolute Gasteiger partial charge is 0.371 e. The summed E-state index contributed by atoms with van der Waals surface area (Å²) in [6.07, 6.45) is 3.80. The van der Waals surface area contributed by atoms with Crippen LogP contribution in [0, 0.1) is 0 Å². The topological polar surface area (TPSA) is 6.48 Å². The molecule has 0 amide bonds. The number of likely N-dealkylation sites (N-methyl/N-ethyl adjacent to an activating group) is 1. The molecule has 0 bridgehead atoms. The van der Waals surface area contributed by atoms with E-state index in [9.17, 15) is 0 Å². The van der Waals surface area contributed by atoms with Gasteiger partial charge in [0.2, 0.25) is 0 Å². The summed E-state index contributed by atoms with van der Waals surface area (Å²) in [5.41, 5.74) is 2.76. The van der Waals surface area contributed by atoms with Gasteiger partial charge in [-0.15, -0.1) is 0 Å². The summed E-state index contributed by atoms with van der Waals surface area (Å²) in [5.74, 6) is 1.01. The molecule has 0 unspecified atom stereocenters. The van der Waals surface area contributed by atoms with Crippen LogP contribution in [0.3, 0.4) is 0 Å². The number of anilines is 2. The molecule has 3 heteroatoms. The molecule has 1 aromatic rings. The van der Waals surface area contributed by atoms with Gasteiger partial charge in [-0.2, -0.15) is 12.6 Å². The molecule has 0 aromatic heterocycles. The van der Waals surface area contributed by atoms with Gasteiger partial charge < -0.3 is 9.80 Å². The molecule has 0 aliphatic carbocycles. The summed E-state index contributed by atoms with van der Waals surface area (Å²) in [7, 11) is 2.18. The fraction of sp³-hybridized carbons (Fsp3) is 0.571. The van der Waals surface area contributed by atoms with Crippen molar-refractivity contribution in [2.24, 2.45) is 0 Å². The first-order valence-corrected chi connectivity index (χ1v) is 7.12. The lowest BCUT2D eigenvalue weighted by Crippen LogP contribution is -2.39. The molecule has 0 radical (unpaired) electrons. The number of para-hydroxylation sites is 2. The van der Waals surface area contributed by atoms with Crippen molar-refractivity contribution in [3.63, 3.8) is 0 Å². The summed E-state index contributed by atoms with van der Waals surface area (Å²) < 4.78 is 0. The van der Waals surface area contributed by atoms with Gasteiger partial charge in [0.1, 0.15) is 0 Å². The van der Waals surface area contributed by atoms with Crippen LogP contribution in [-0.2, 0) is 0 Å². The molecular formula is C14H22N2S. The van der Waals surface area contributed by atoms with Crippen LogP contribution >= 0.6 is 12.6 Å². The Hall–Kier alpha value is -0.830. The first-order chi connectivity index (χ1) is 8.33. The number of benzene rings is 1. The van der Waals surface area contributed by atoms with Crippen LogP contribution < -0.4 is 9.80 Å². The fourth-order valence-electron chi connectivity index (χ4n) is 2.39. The lowest BCUT2D eigenvalue weighted by molar-refractivity contribution is 0.661. The van der Waals surface area contributed by atoms with Gasteiger partial charge in [0.25, 0.3) is 0 Å². The fourth-order valence-corrected chi connectivity index (χ4v) is 2.61. The van der Waals surface area contributed by atoms with Crippen molar-refractivity contribution < 1.29 is 0 Å². The van der Waals surface area contributed by atoms with E-state index in [1.54, 1.807) is 0 Å². The number of thiol groups is 1. The predicted molar refractivity (Wildman–Crippen MR) is 79.6 cm³/mol. The third-order valence-electron chi connectivity index (χ3n) is 3.43. The van der Waals surface area contributed by atoms with Gasteiger partial charge in [0.05, 0.1) is 11.4 Å². The van der Waals surface area contributed by atoms with Crippen LogP contribution in [-0.4, -0.2) is 32.4 Å². The highest BCUT2D eigenvalue weighted by atomic mass is 32.1. The van der Waals surface area contributed by atoms with Crippen molar-refractivity contribution in [2.45, 2.75) is 19.3 Å². The van der Waals surface area contributed by atoms with Crippen LogP contribution in [0.5, 0.6) is 0 Å². The smallest absolute Gasteiger partial charge is 0.0604 e. The number of nitrogens with zero attached hydrogens (tertiary/aromatic N) is 2. The minimum Gasteiger partial charge on any atom is -0.371 e. The van der Waals surface area contributed by atoms with Gasteiger partial charge in [-0.3, -0.25) is 0 Å². The Bertz CT molecular complexity index is 354. The number of hydrogen-bond acceptors (Lipinski definition) is 3. The van der Waals surface area contributed by atoms with Gasteiger partial charge in [0.15, 0.2) is 0 Å². The van der Waals surface area contributed by atoms with Gasteiger partial charge >= 0.3 is 0 Å². The molecule has 0 fully saturated rings. The second-order valence-electron chi connectivity index (χ2n) is 4.68. The summed E-state index contributed by atoms with van der Waals surface area (Å²) in [4.78, 5) is 4.87. The van der Waals surface area contributed by atoms with E-state index in [-0.39, 0.29) is 0 Å². The number of fused-ring (bicyclic) bond motifs is 1. The number of rotatable bonds is 5. The zero-order valence-electron chi connectivity index (χ0n) is 10.6. The molecule has 0 N–H and O–H groups in total. The maximum atomic E-state index is 4.26. The van der Waals surface area contributed by atoms with E-state index in [2.05, 4.69) is 53.7 Å². The van der Waals surface area contributed by atoms with E-state index in [4.69, 9.17) is 0 Å². The zero-order chi connectivity index (χ0) is 12.1. The van der Waals surface area contributed by atoms with Crippen LogP contribution in [0.2, 0.25) is 0 Å². The molecule has 94 valence electrons. The first-order valence-electron chi connectivity index (χ1n) is 6.49. The maximum Gasteiger partial charge on any atom is 0.0604 e. The van der Waals surface area contributed by atoms with Crippen molar-refractivity contribution in [1.29, 1.82) is 0 Å². The van der Waals surface area contributed by atoms with Gasteiger partial charge in [-0.1, -0.05) is 18.6 Å². The van der Waals surface area contributed by atoms with Crippen molar-refractivity contribution in [1.82, 2.24) is 0 Å². The minimum atomic E-state index is 1.01. The quantitative estimate of drug-likeness (QED) is 0.634. The van der Waals surface area contributed by atoms with E-state index in [1.807, 2.05) is 0 Å². The monoisotopic (exact) mass is 250 g/mol. The van der Waals surface area contributed by atoms with Crippen molar-refractivity contribution in [2.75, 3.05) is 42.2 Å². The molecule has 2 rings (SSSR count). The number of unbranched alkanes of at least 4 members (excludes halogenated alkanes) is 2. The normalized spacial score (nSPS) is 14.9. The van der Waals surface area contributed by atoms with E-state index < -0.39 is 0 Å². The molecule has 1 aliphatic heterocycles. The summed E-state index contributed by atoms with van der Waals surface area (Å²) >= 11 is 4.26.